The van der Waals surface area contributed by atoms with Crippen LogP contribution in [0.4, 0.5) is 4.39 Å². The highest BCUT2D eigenvalue weighted by Crippen LogP contribution is 2.24. The van der Waals surface area contributed by atoms with Crippen molar-refractivity contribution < 1.29 is 4.39 Å². The van der Waals surface area contributed by atoms with Crippen molar-refractivity contribution in [1.82, 2.24) is 10.3 Å². The minimum atomic E-state index is -0.270. The summed E-state index contributed by atoms with van der Waals surface area (Å²) in [6.45, 7) is 4.92. The number of nitrogens with zero attached hydrogens (tertiary/aromatic N) is 1. The SMILES string of the molecule is CCNC(c1ccc(CC)cc1)c1ccncc1F. The monoisotopic (exact) mass is 258 g/mol. The number of aromatic nitrogens is 1. The van der Waals surface area contributed by atoms with Crippen molar-refractivity contribution in [3.05, 3.63) is 65.2 Å². The van der Waals surface area contributed by atoms with Crippen LogP contribution in [-0.4, -0.2) is 11.5 Å². The van der Waals surface area contributed by atoms with E-state index in [4.69, 9.17) is 0 Å². The largest absolute Gasteiger partial charge is 0.306 e. The molecule has 1 aromatic carbocycles. The molecule has 19 heavy (non-hydrogen) atoms. The zero-order valence-electron chi connectivity index (χ0n) is 11.4. The van der Waals surface area contributed by atoms with Crippen LogP contribution in [0.15, 0.2) is 42.7 Å². The maximum Gasteiger partial charge on any atom is 0.146 e. The van der Waals surface area contributed by atoms with Crippen molar-refractivity contribution >= 4 is 0 Å². The molecule has 1 atom stereocenters. The number of hydrogen-bond acceptors (Lipinski definition) is 2. The maximum absolute atomic E-state index is 13.9. The normalized spacial score (nSPS) is 12.4. The highest BCUT2D eigenvalue weighted by atomic mass is 19.1. The molecule has 0 spiro atoms. The summed E-state index contributed by atoms with van der Waals surface area (Å²) < 4.78 is 13.9. The van der Waals surface area contributed by atoms with Gasteiger partial charge in [0.1, 0.15) is 5.82 Å². The maximum atomic E-state index is 13.9. The fourth-order valence-electron chi connectivity index (χ4n) is 2.18. The van der Waals surface area contributed by atoms with Gasteiger partial charge in [-0.2, -0.15) is 0 Å². The summed E-state index contributed by atoms with van der Waals surface area (Å²) in [5.74, 6) is -0.270. The highest BCUT2D eigenvalue weighted by Gasteiger charge is 2.16. The van der Waals surface area contributed by atoms with E-state index in [-0.39, 0.29) is 11.9 Å². The molecule has 0 fully saturated rings. The Bertz CT molecular complexity index is 523. The smallest absolute Gasteiger partial charge is 0.146 e. The molecule has 3 heteroatoms. The first-order chi connectivity index (χ1) is 9.26. The van der Waals surface area contributed by atoms with E-state index < -0.39 is 0 Å². The van der Waals surface area contributed by atoms with Gasteiger partial charge in [-0.05, 0) is 30.2 Å². The number of hydrogen-bond donors (Lipinski definition) is 1. The van der Waals surface area contributed by atoms with Crippen LogP contribution in [0.25, 0.3) is 0 Å². The van der Waals surface area contributed by atoms with Gasteiger partial charge in [0.25, 0.3) is 0 Å². The van der Waals surface area contributed by atoms with Crippen LogP contribution in [0, 0.1) is 5.82 Å². The Morgan fingerprint density at radius 1 is 1.16 bits per heavy atom. The van der Waals surface area contributed by atoms with E-state index in [0.717, 1.165) is 18.5 Å². The first-order valence-corrected chi connectivity index (χ1v) is 6.67. The standard InChI is InChI=1S/C16H19FN2/c1-3-12-5-7-13(8-6-12)16(19-4-2)14-9-10-18-11-15(14)17/h5-11,16,19H,3-4H2,1-2H3. The third kappa shape index (κ3) is 3.18. The van der Waals surface area contributed by atoms with E-state index in [0.29, 0.717) is 5.56 Å². The lowest BCUT2D eigenvalue weighted by molar-refractivity contribution is 0.554. The van der Waals surface area contributed by atoms with Crippen LogP contribution in [-0.2, 0) is 6.42 Å². The Morgan fingerprint density at radius 3 is 2.47 bits per heavy atom. The highest BCUT2D eigenvalue weighted by molar-refractivity contribution is 5.33. The van der Waals surface area contributed by atoms with Crippen molar-refractivity contribution in [3.8, 4) is 0 Å². The topological polar surface area (TPSA) is 24.9 Å². The summed E-state index contributed by atoms with van der Waals surface area (Å²) >= 11 is 0. The van der Waals surface area contributed by atoms with E-state index in [1.165, 1.54) is 11.8 Å². The Labute approximate surface area is 113 Å². The molecule has 1 heterocycles. The molecule has 1 aromatic heterocycles. The molecule has 0 aliphatic heterocycles. The summed E-state index contributed by atoms with van der Waals surface area (Å²) in [4.78, 5) is 3.81. The number of rotatable bonds is 5. The van der Waals surface area contributed by atoms with E-state index in [9.17, 15) is 4.39 Å². The van der Waals surface area contributed by atoms with Crippen LogP contribution >= 0.6 is 0 Å². The average Bonchev–Trinajstić information content (AvgIpc) is 2.46. The van der Waals surface area contributed by atoms with Gasteiger partial charge in [0.05, 0.1) is 12.2 Å². The van der Waals surface area contributed by atoms with Crippen molar-refractivity contribution in [2.45, 2.75) is 26.3 Å². The molecule has 0 bridgehead atoms. The second-order valence-corrected chi connectivity index (χ2v) is 4.48. The minimum absolute atomic E-state index is 0.126. The predicted molar refractivity (Wildman–Crippen MR) is 75.5 cm³/mol. The Kier molecular flexibility index (Phi) is 4.63. The van der Waals surface area contributed by atoms with Crippen LogP contribution in [0.1, 0.15) is 36.6 Å². The molecule has 2 aromatic rings. The first-order valence-electron chi connectivity index (χ1n) is 6.67. The fourth-order valence-corrected chi connectivity index (χ4v) is 2.18. The van der Waals surface area contributed by atoms with Gasteiger partial charge < -0.3 is 5.32 Å². The van der Waals surface area contributed by atoms with Crippen molar-refractivity contribution in [2.24, 2.45) is 0 Å². The van der Waals surface area contributed by atoms with Crippen molar-refractivity contribution in [2.75, 3.05) is 6.54 Å². The second-order valence-electron chi connectivity index (χ2n) is 4.48. The Hall–Kier alpha value is -1.74. The predicted octanol–water partition coefficient (Wildman–Crippen LogP) is 3.48. The third-order valence-corrected chi connectivity index (χ3v) is 3.24. The molecule has 0 radical (unpaired) electrons. The quantitative estimate of drug-likeness (QED) is 0.888. The van der Waals surface area contributed by atoms with Gasteiger partial charge in [-0.25, -0.2) is 4.39 Å². The number of benzene rings is 1. The summed E-state index contributed by atoms with van der Waals surface area (Å²) in [7, 11) is 0. The number of pyridine rings is 1. The summed E-state index contributed by atoms with van der Waals surface area (Å²) in [6.07, 6.45) is 3.90. The summed E-state index contributed by atoms with van der Waals surface area (Å²) in [5.41, 5.74) is 3.00. The van der Waals surface area contributed by atoms with Gasteiger partial charge >= 0.3 is 0 Å². The van der Waals surface area contributed by atoms with Gasteiger partial charge in [0, 0.05) is 11.8 Å². The van der Waals surface area contributed by atoms with Gasteiger partial charge in [-0.1, -0.05) is 38.1 Å². The lowest BCUT2D eigenvalue weighted by atomic mass is 9.97. The van der Waals surface area contributed by atoms with Crippen LogP contribution in [0.3, 0.4) is 0 Å². The van der Waals surface area contributed by atoms with Gasteiger partial charge in [-0.15, -0.1) is 0 Å². The molecule has 0 aliphatic rings. The van der Waals surface area contributed by atoms with Gasteiger partial charge in [0.2, 0.25) is 0 Å². The molecule has 0 aliphatic carbocycles. The Balaban J connectivity index is 2.36. The molecule has 0 saturated heterocycles. The van der Waals surface area contributed by atoms with Crippen molar-refractivity contribution in [3.63, 3.8) is 0 Å². The lowest BCUT2D eigenvalue weighted by Gasteiger charge is -2.19. The fraction of sp³-hybridized carbons (Fsp3) is 0.312. The number of nitrogens with one attached hydrogen (secondary N) is 1. The van der Waals surface area contributed by atoms with Crippen LogP contribution in [0.2, 0.25) is 0 Å². The van der Waals surface area contributed by atoms with Crippen LogP contribution < -0.4 is 5.32 Å². The number of aryl methyl sites for hydroxylation is 1. The van der Waals surface area contributed by atoms with E-state index >= 15 is 0 Å². The zero-order valence-corrected chi connectivity index (χ0v) is 11.4. The molecule has 100 valence electrons. The van der Waals surface area contributed by atoms with Gasteiger partial charge in [0.15, 0.2) is 0 Å². The molecule has 0 saturated carbocycles. The minimum Gasteiger partial charge on any atom is -0.306 e. The third-order valence-electron chi connectivity index (χ3n) is 3.24. The molecular weight excluding hydrogens is 239 g/mol. The molecule has 2 rings (SSSR count). The Morgan fingerprint density at radius 2 is 1.89 bits per heavy atom. The average molecular weight is 258 g/mol. The lowest BCUT2D eigenvalue weighted by Crippen LogP contribution is -2.23. The molecule has 2 nitrogen and oxygen atoms in total. The summed E-state index contributed by atoms with van der Waals surface area (Å²) in [6, 6.07) is 9.92. The van der Waals surface area contributed by atoms with E-state index in [1.54, 1.807) is 12.3 Å². The zero-order chi connectivity index (χ0) is 13.7. The molecule has 1 N–H and O–H groups in total. The number of halogens is 1. The van der Waals surface area contributed by atoms with E-state index in [2.05, 4.69) is 41.5 Å². The molecular formula is C16H19FN2. The molecule has 1 unspecified atom stereocenters. The first kappa shape index (κ1) is 13.7. The molecule has 0 amide bonds. The van der Waals surface area contributed by atoms with Crippen LogP contribution in [0.5, 0.6) is 0 Å². The van der Waals surface area contributed by atoms with E-state index in [1.807, 2.05) is 6.92 Å². The van der Waals surface area contributed by atoms with Gasteiger partial charge in [-0.3, -0.25) is 4.98 Å². The van der Waals surface area contributed by atoms with Crippen molar-refractivity contribution in [1.29, 1.82) is 0 Å². The summed E-state index contributed by atoms with van der Waals surface area (Å²) in [5, 5.41) is 3.33. The second kappa shape index (κ2) is 6.43.